The van der Waals surface area contributed by atoms with Gasteiger partial charge in [-0.25, -0.2) is 0 Å². The number of anilines is 1. The van der Waals surface area contributed by atoms with Gasteiger partial charge < -0.3 is 19.8 Å². The molecule has 98 valence electrons. The number of phenolic OH excluding ortho intramolecular Hbond substituents is 1. The van der Waals surface area contributed by atoms with Crippen molar-refractivity contribution in [3.8, 4) is 11.5 Å². The van der Waals surface area contributed by atoms with E-state index in [2.05, 4.69) is 0 Å². The van der Waals surface area contributed by atoms with Crippen molar-refractivity contribution in [1.82, 2.24) is 0 Å². The Balaban J connectivity index is 2.35. The molecule has 1 aliphatic rings. The number of carbonyl (C=O) groups is 1. The first-order chi connectivity index (χ1) is 8.67. The second-order valence-electron chi connectivity index (χ2n) is 4.23. The molecule has 18 heavy (non-hydrogen) atoms. The molecule has 1 unspecified atom stereocenters. The number of hydrogen-bond donors (Lipinski definition) is 2. The molecule has 0 aromatic heterocycles. The van der Waals surface area contributed by atoms with Gasteiger partial charge in [-0.1, -0.05) is 6.92 Å². The maximum absolute atomic E-state index is 12.2. The van der Waals surface area contributed by atoms with Crippen LogP contribution in [0.25, 0.3) is 0 Å². The number of rotatable bonds is 4. The summed E-state index contributed by atoms with van der Waals surface area (Å²) in [6, 6.07) is 4.69. The normalized spacial score (nSPS) is 18.4. The number of fused-ring (bicyclic) bond motifs is 1. The van der Waals surface area contributed by atoms with E-state index in [0.29, 0.717) is 30.8 Å². The SMILES string of the molecule is CCC1Oc2cc(O)ccc2N(CCCO)C1=O. The van der Waals surface area contributed by atoms with Gasteiger partial charge in [0, 0.05) is 19.2 Å². The van der Waals surface area contributed by atoms with Crippen LogP contribution in [0.5, 0.6) is 11.5 Å². The molecular formula is C13H17NO4. The van der Waals surface area contributed by atoms with E-state index in [0.717, 1.165) is 0 Å². The van der Waals surface area contributed by atoms with Gasteiger partial charge in [0.25, 0.3) is 5.91 Å². The Morgan fingerprint density at radius 3 is 2.89 bits per heavy atom. The van der Waals surface area contributed by atoms with E-state index >= 15 is 0 Å². The Morgan fingerprint density at radius 1 is 1.44 bits per heavy atom. The summed E-state index contributed by atoms with van der Waals surface area (Å²) in [6.07, 6.45) is 0.574. The summed E-state index contributed by atoms with van der Waals surface area (Å²) in [5.41, 5.74) is 0.649. The van der Waals surface area contributed by atoms with Crippen LogP contribution in [0.2, 0.25) is 0 Å². The van der Waals surface area contributed by atoms with Crippen LogP contribution in [0.1, 0.15) is 19.8 Å². The zero-order chi connectivity index (χ0) is 13.1. The maximum Gasteiger partial charge on any atom is 0.268 e. The molecule has 0 saturated heterocycles. The summed E-state index contributed by atoms with van der Waals surface area (Å²) >= 11 is 0. The standard InChI is InChI=1S/C13H17NO4/c1-2-11-13(17)14(6-3-7-15)10-5-4-9(16)8-12(10)18-11/h4-5,8,11,15-16H,2-3,6-7H2,1H3. The van der Waals surface area contributed by atoms with Gasteiger partial charge in [0.15, 0.2) is 6.10 Å². The van der Waals surface area contributed by atoms with Crippen molar-refractivity contribution in [1.29, 1.82) is 0 Å². The summed E-state index contributed by atoms with van der Waals surface area (Å²) in [5.74, 6) is 0.531. The molecule has 1 amide bonds. The third kappa shape index (κ3) is 2.26. The van der Waals surface area contributed by atoms with Crippen LogP contribution in [0, 0.1) is 0 Å². The molecule has 2 N–H and O–H groups in total. The molecule has 0 fully saturated rings. The van der Waals surface area contributed by atoms with Crippen LogP contribution in [0.15, 0.2) is 18.2 Å². The fourth-order valence-electron chi connectivity index (χ4n) is 2.03. The van der Waals surface area contributed by atoms with Crippen LogP contribution >= 0.6 is 0 Å². The number of benzene rings is 1. The number of ether oxygens (including phenoxy) is 1. The lowest BCUT2D eigenvalue weighted by Crippen LogP contribution is -2.46. The third-order valence-corrected chi connectivity index (χ3v) is 2.96. The minimum absolute atomic E-state index is 0.0366. The van der Waals surface area contributed by atoms with Crippen molar-refractivity contribution in [2.45, 2.75) is 25.9 Å². The van der Waals surface area contributed by atoms with Gasteiger partial charge in [-0.05, 0) is 25.0 Å². The predicted octanol–water partition coefficient (Wildman–Crippen LogP) is 1.28. The smallest absolute Gasteiger partial charge is 0.268 e. The summed E-state index contributed by atoms with van der Waals surface area (Å²) in [5, 5.41) is 18.3. The molecule has 1 atom stereocenters. The topological polar surface area (TPSA) is 70.0 Å². The van der Waals surface area contributed by atoms with E-state index in [1.54, 1.807) is 11.0 Å². The number of amides is 1. The molecule has 1 heterocycles. The monoisotopic (exact) mass is 251 g/mol. The largest absolute Gasteiger partial charge is 0.508 e. The van der Waals surface area contributed by atoms with E-state index in [1.807, 2.05) is 6.92 Å². The van der Waals surface area contributed by atoms with Gasteiger partial charge in [-0.2, -0.15) is 0 Å². The van der Waals surface area contributed by atoms with E-state index in [9.17, 15) is 9.90 Å². The molecule has 1 aromatic rings. The average Bonchev–Trinajstić information content (AvgIpc) is 2.37. The molecule has 0 aliphatic carbocycles. The first-order valence-electron chi connectivity index (χ1n) is 6.09. The Morgan fingerprint density at radius 2 is 2.22 bits per heavy atom. The summed E-state index contributed by atoms with van der Waals surface area (Å²) < 4.78 is 5.57. The van der Waals surface area contributed by atoms with Gasteiger partial charge in [-0.3, -0.25) is 4.79 Å². The van der Waals surface area contributed by atoms with E-state index in [4.69, 9.17) is 9.84 Å². The minimum atomic E-state index is -0.516. The Kier molecular flexibility index (Phi) is 3.72. The maximum atomic E-state index is 12.2. The van der Waals surface area contributed by atoms with Crippen LogP contribution in [0.3, 0.4) is 0 Å². The van der Waals surface area contributed by atoms with E-state index in [1.165, 1.54) is 12.1 Å². The van der Waals surface area contributed by atoms with Crippen molar-refractivity contribution in [3.05, 3.63) is 18.2 Å². The highest BCUT2D eigenvalue weighted by Gasteiger charge is 2.32. The number of hydrogen-bond acceptors (Lipinski definition) is 4. The van der Waals surface area contributed by atoms with Crippen molar-refractivity contribution in [2.24, 2.45) is 0 Å². The van der Waals surface area contributed by atoms with E-state index < -0.39 is 6.10 Å². The molecule has 2 rings (SSSR count). The average molecular weight is 251 g/mol. The Hall–Kier alpha value is -1.75. The van der Waals surface area contributed by atoms with Crippen molar-refractivity contribution in [3.63, 3.8) is 0 Å². The van der Waals surface area contributed by atoms with Crippen LogP contribution in [-0.2, 0) is 4.79 Å². The van der Waals surface area contributed by atoms with Crippen molar-refractivity contribution >= 4 is 11.6 Å². The number of aliphatic hydroxyl groups is 1. The molecule has 0 spiro atoms. The minimum Gasteiger partial charge on any atom is -0.508 e. The zero-order valence-corrected chi connectivity index (χ0v) is 10.3. The lowest BCUT2D eigenvalue weighted by atomic mass is 10.1. The summed E-state index contributed by atoms with van der Waals surface area (Å²) in [7, 11) is 0. The van der Waals surface area contributed by atoms with Gasteiger partial charge in [0.2, 0.25) is 0 Å². The Labute approximate surface area is 106 Å². The first kappa shape index (κ1) is 12.7. The lowest BCUT2D eigenvalue weighted by Gasteiger charge is -2.34. The molecular weight excluding hydrogens is 234 g/mol. The number of phenols is 1. The van der Waals surface area contributed by atoms with Gasteiger partial charge >= 0.3 is 0 Å². The molecule has 1 aliphatic heterocycles. The van der Waals surface area contributed by atoms with Gasteiger partial charge in [0.1, 0.15) is 11.5 Å². The molecule has 0 bridgehead atoms. The molecule has 5 nitrogen and oxygen atoms in total. The zero-order valence-electron chi connectivity index (χ0n) is 10.3. The van der Waals surface area contributed by atoms with E-state index in [-0.39, 0.29) is 18.3 Å². The van der Waals surface area contributed by atoms with Gasteiger partial charge in [0.05, 0.1) is 5.69 Å². The summed E-state index contributed by atoms with van der Waals surface area (Å²) in [4.78, 5) is 13.8. The highest BCUT2D eigenvalue weighted by Crippen LogP contribution is 2.37. The Bertz CT molecular complexity index is 447. The summed E-state index contributed by atoms with van der Waals surface area (Å²) in [6.45, 7) is 2.36. The number of carbonyl (C=O) groups excluding carboxylic acids is 1. The lowest BCUT2D eigenvalue weighted by molar-refractivity contribution is -0.126. The molecule has 0 radical (unpaired) electrons. The number of nitrogens with zero attached hydrogens (tertiary/aromatic N) is 1. The van der Waals surface area contributed by atoms with Crippen molar-refractivity contribution < 1.29 is 19.7 Å². The number of aromatic hydroxyl groups is 1. The molecule has 5 heteroatoms. The second-order valence-corrected chi connectivity index (χ2v) is 4.23. The highest BCUT2D eigenvalue weighted by molar-refractivity contribution is 6.00. The van der Waals surface area contributed by atoms with Gasteiger partial charge in [-0.15, -0.1) is 0 Å². The predicted molar refractivity (Wildman–Crippen MR) is 66.9 cm³/mol. The second kappa shape index (κ2) is 5.27. The van der Waals surface area contributed by atoms with Crippen molar-refractivity contribution in [2.75, 3.05) is 18.1 Å². The fourth-order valence-corrected chi connectivity index (χ4v) is 2.03. The third-order valence-electron chi connectivity index (χ3n) is 2.96. The number of aliphatic hydroxyl groups excluding tert-OH is 1. The molecule has 0 saturated carbocycles. The van der Waals surface area contributed by atoms with Crippen LogP contribution in [-0.4, -0.2) is 35.4 Å². The molecule has 1 aromatic carbocycles. The first-order valence-corrected chi connectivity index (χ1v) is 6.09. The van der Waals surface area contributed by atoms with Crippen LogP contribution < -0.4 is 9.64 Å². The fraction of sp³-hybridized carbons (Fsp3) is 0.462. The quantitative estimate of drug-likeness (QED) is 0.845. The van der Waals surface area contributed by atoms with Crippen LogP contribution in [0.4, 0.5) is 5.69 Å². The highest BCUT2D eigenvalue weighted by atomic mass is 16.5.